The first-order valence-electron chi connectivity index (χ1n) is 13.5. The number of sulfonamides is 1. The minimum Gasteiger partial charge on any atom is -0.497 e. The van der Waals surface area contributed by atoms with Gasteiger partial charge in [-0.2, -0.15) is 4.31 Å². The molecule has 38 heavy (non-hydrogen) atoms. The average molecular weight is 547 g/mol. The fourth-order valence-electron chi connectivity index (χ4n) is 5.46. The number of benzene rings is 1. The minimum absolute atomic E-state index is 0.0670. The number of amides is 1. The Morgan fingerprint density at radius 3 is 2.18 bits per heavy atom. The predicted molar refractivity (Wildman–Crippen MR) is 141 cm³/mol. The van der Waals surface area contributed by atoms with Crippen molar-refractivity contribution in [3.8, 4) is 5.75 Å². The van der Waals surface area contributed by atoms with Crippen LogP contribution in [-0.2, 0) is 16.6 Å². The van der Waals surface area contributed by atoms with Crippen LogP contribution in [0, 0.1) is 13.8 Å². The van der Waals surface area contributed by atoms with Crippen molar-refractivity contribution in [1.82, 2.24) is 29.2 Å². The third-order valence-corrected chi connectivity index (χ3v) is 9.93. The van der Waals surface area contributed by atoms with E-state index < -0.39 is 10.0 Å². The van der Waals surface area contributed by atoms with Gasteiger partial charge in [0, 0.05) is 45.3 Å². The van der Waals surface area contributed by atoms with Gasteiger partial charge in [0.1, 0.15) is 5.75 Å². The average Bonchev–Trinajstić information content (AvgIpc) is 3.38. The number of methoxy groups -OCH3 is 1. The van der Waals surface area contributed by atoms with Crippen molar-refractivity contribution in [2.75, 3.05) is 59.5 Å². The maximum absolute atomic E-state index is 13.7. The number of aromatic nitrogens is 2. The Balaban J connectivity index is 1.22. The number of ether oxygens (including phenoxy) is 1. The summed E-state index contributed by atoms with van der Waals surface area (Å²) >= 11 is 0. The Bertz CT molecular complexity index is 1220. The first-order chi connectivity index (χ1) is 18.3. The molecule has 1 aromatic heterocycles. The zero-order valence-corrected chi connectivity index (χ0v) is 23.4. The van der Waals surface area contributed by atoms with Crippen molar-refractivity contribution >= 4 is 15.9 Å². The van der Waals surface area contributed by atoms with Crippen LogP contribution in [0.1, 0.15) is 53.4 Å². The molecule has 1 aliphatic carbocycles. The van der Waals surface area contributed by atoms with E-state index in [0.717, 1.165) is 39.0 Å². The molecular weight excluding hydrogens is 508 g/mol. The van der Waals surface area contributed by atoms with Crippen molar-refractivity contribution in [2.24, 2.45) is 0 Å². The molecule has 1 aromatic carbocycles. The Morgan fingerprint density at radius 1 is 1.00 bits per heavy atom. The van der Waals surface area contributed by atoms with Crippen LogP contribution in [0.2, 0.25) is 0 Å². The maximum Gasteiger partial charge on any atom is 0.311 e. The van der Waals surface area contributed by atoms with Gasteiger partial charge in [-0.1, -0.05) is 0 Å². The Morgan fingerprint density at radius 2 is 1.61 bits per heavy atom. The number of nitrogens with zero attached hydrogens (tertiary/aromatic N) is 6. The van der Waals surface area contributed by atoms with Gasteiger partial charge in [-0.05, 0) is 75.9 Å². The Kier molecular flexibility index (Phi) is 8.03. The fraction of sp³-hybridized carbons (Fsp3) is 0.654. The lowest BCUT2D eigenvalue weighted by molar-refractivity contribution is 0.0586. The zero-order valence-electron chi connectivity index (χ0n) is 22.6. The van der Waals surface area contributed by atoms with E-state index in [1.807, 2.05) is 0 Å². The third kappa shape index (κ3) is 5.88. The fourth-order valence-corrected chi connectivity index (χ4v) is 7.51. The molecule has 1 amide bonds. The van der Waals surface area contributed by atoms with Crippen molar-refractivity contribution in [2.45, 2.75) is 57.0 Å². The van der Waals surface area contributed by atoms with Gasteiger partial charge < -0.3 is 19.0 Å². The van der Waals surface area contributed by atoms with Crippen LogP contribution in [0.5, 0.6) is 5.75 Å². The van der Waals surface area contributed by atoms with Crippen LogP contribution in [0.25, 0.3) is 0 Å². The van der Waals surface area contributed by atoms with Gasteiger partial charge in [0.05, 0.1) is 18.6 Å². The predicted octanol–water partition coefficient (Wildman–Crippen LogP) is 1.90. The lowest BCUT2D eigenvalue weighted by Crippen LogP contribution is -2.50. The SMILES string of the molecule is COc1cc(C)c(S(=O)(=O)N(Cc2nnc(C(=O)N3CCN(CCN4CCCC4)CC3)o2)C2CC2)c(C)c1. The monoisotopic (exact) mass is 546 g/mol. The number of hydrogen-bond donors (Lipinski definition) is 0. The highest BCUT2D eigenvalue weighted by atomic mass is 32.2. The van der Waals surface area contributed by atoms with Crippen LogP contribution in [0.4, 0.5) is 0 Å². The van der Waals surface area contributed by atoms with Gasteiger partial charge in [-0.15, -0.1) is 10.2 Å². The number of piperazine rings is 1. The zero-order chi connectivity index (χ0) is 26.9. The summed E-state index contributed by atoms with van der Waals surface area (Å²) in [7, 11) is -2.27. The van der Waals surface area contributed by atoms with Gasteiger partial charge in [0.25, 0.3) is 0 Å². The molecule has 2 saturated heterocycles. The van der Waals surface area contributed by atoms with E-state index in [2.05, 4.69) is 20.0 Å². The van der Waals surface area contributed by atoms with Crippen LogP contribution in [0.3, 0.4) is 0 Å². The summed E-state index contributed by atoms with van der Waals surface area (Å²) < 4.78 is 39.9. The van der Waals surface area contributed by atoms with E-state index in [4.69, 9.17) is 9.15 Å². The van der Waals surface area contributed by atoms with E-state index in [9.17, 15) is 13.2 Å². The van der Waals surface area contributed by atoms with Crippen LogP contribution >= 0.6 is 0 Å². The highest BCUT2D eigenvalue weighted by Crippen LogP contribution is 2.36. The van der Waals surface area contributed by atoms with Crippen LogP contribution < -0.4 is 4.74 Å². The standard InChI is InChI=1S/C26H38N6O5S/c1-19-16-22(36-3)17-20(2)24(19)38(34,35)32(21-6-7-21)18-23-27-28-25(37-23)26(33)31-14-12-30(13-15-31)11-10-29-8-4-5-9-29/h16-17,21H,4-15,18H2,1-3H3. The van der Waals surface area contributed by atoms with Crippen molar-refractivity contribution in [1.29, 1.82) is 0 Å². The summed E-state index contributed by atoms with van der Waals surface area (Å²) in [5.74, 6) is 0.349. The van der Waals surface area contributed by atoms with Gasteiger partial charge in [-0.25, -0.2) is 8.42 Å². The molecule has 3 heterocycles. The van der Waals surface area contributed by atoms with Crippen molar-refractivity contribution < 1.29 is 22.4 Å². The summed E-state index contributed by atoms with van der Waals surface area (Å²) in [6.07, 6.45) is 4.13. The Labute approximate surface area is 224 Å². The van der Waals surface area contributed by atoms with Crippen molar-refractivity contribution in [3.05, 3.63) is 35.0 Å². The number of hydrogen-bond acceptors (Lipinski definition) is 9. The molecule has 11 nitrogen and oxygen atoms in total. The normalized spacial score (nSPS) is 19.4. The smallest absolute Gasteiger partial charge is 0.311 e. The van der Waals surface area contributed by atoms with Gasteiger partial charge in [-0.3, -0.25) is 9.69 Å². The van der Waals surface area contributed by atoms with Crippen LogP contribution in [0.15, 0.2) is 21.4 Å². The molecule has 0 unspecified atom stereocenters. The molecule has 208 valence electrons. The van der Waals surface area contributed by atoms with E-state index >= 15 is 0 Å². The van der Waals surface area contributed by atoms with E-state index in [1.54, 1.807) is 38.0 Å². The lowest BCUT2D eigenvalue weighted by atomic mass is 10.1. The number of aryl methyl sites for hydroxylation is 2. The summed E-state index contributed by atoms with van der Waals surface area (Å²) in [4.78, 5) is 19.9. The summed E-state index contributed by atoms with van der Waals surface area (Å²) in [5.41, 5.74) is 1.24. The first-order valence-corrected chi connectivity index (χ1v) is 14.9. The Hall–Kier alpha value is -2.54. The minimum atomic E-state index is -3.83. The quantitative estimate of drug-likeness (QED) is 0.441. The number of carbonyl (C=O) groups is 1. The topological polar surface area (TPSA) is 112 Å². The van der Waals surface area contributed by atoms with Crippen LogP contribution in [-0.4, -0.2) is 109 Å². The molecule has 0 N–H and O–H groups in total. The van der Waals surface area contributed by atoms with E-state index in [0.29, 0.717) is 30.0 Å². The van der Waals surface area contributed by atoms with E-state index in [-0.39, 0.29) is 35.2 Å². The second-order valence-corrected chi connectivity index (χ2v) is 12.4. The van der Waals surface area contributed by atoms with Gasteiger partial charge in [0.2, 0.25) is 15.9 Å². The first kappa shape index (κ1) is 27.0. The summed E-state index contributed by atoms with van der Waals surface area (Å²) in [6.45, 7) is 10.8. The molecular formula is C26H38N6O5S. The highest BCUT2D eigenvalue weighted by molar-refractivity contribution is 7.89. The van der Waals surface area contributed by atoms with E-state index in [1.165, 1.54) is 30.2 Å². The summed E-state index contributed by atoms with van der Waals surface area (Å²) in [6, 6.07) is 3.32. The lowest BCUT2D eigenvalue weighted by Gasteiger charge is -2.34. The number of likely N-dealkylation sites (tertiary alicyclic amines) is 1. The largest absolute Gasteiger partial charge is 0.497 e. The molecule has 2 aromatic rings. The molecule has 5 rings (SSSR count). The molecule has 0 spiro atoms. The molecule has 0 radical (unpaired) electrons. The highest BCUT2D eigenvalue weighted by Gasteiger charge is 2.40. The summed E-state index contributed by atoms with van der Waals surface area (Å²) in [5, 5.41) is 8.02. The molecule has 1 saturated carbocycles. The molecule has 3 fully saturated rings. The molecule has 3 aliphatic rings. The molecule has 12 heteroatoms. The number of carbonyl (C=O) groups excluding carboxylic acids is 1. The second-order valence-electron chi connectivity index (χ2n) is 10.6. The van der Waals surface area contributed by atoms with Gasteiger partial charge in [0.15, 0.2) is 0 Å². The van der Waals surface area contributed by atoms with Gasteiger partial charge >= 0.3 is 11.8 Å². The van der Waals surface area contributed by atoms with Crippen molar-refractivity contribution in [3.63, 3.8) is 0 Å². The molecule has 0 bridgehead atoms. The molecule has 2 aliphatic heterocycles. The maximum atomic E-state index is 13.7. The number of rotatable bonds is 10. The third-order valence-electron chi connectivity index (χ3n) is 7.72. The molecule has 0 atom stereocenters. The second kappa shape index (κ2) is 11.3.